The average Bonchev–Trinajstić information content (AvgIpc) is 3.37. The predicted molar refractivity (Wildman–Crippen MR) is 298 cm³/mol. The van der Waals surface area contributed by atoms with Crippen LogP contribution in [0.4, 0.5) is 0 Å². The van der Waals surface area contributed by atoms with E-state index >= 15 is 0 Å². The third-order valence-corrected chi connectivity index (χ3v) is 13.1. The van der Waals surface area contributed by atoms with E-state index < -0.39 is 57.8 Å². The fourth-order valence-electron chi connectivity index (χ4n) is 7.74. The Balaban J connectivity index is 4.79. The first-order valence-electron chi connectivity index (χ1n) is 28.8. The van der Waals surface area contributed by atoms with Gasteiger partial charge in [-0.15, -0.1) is 0 Å². The van der Waals surface area contributed by atoms with Gasteiger partial charge in [-0.05, 0) is 83.5 Å². The molecule has 0 heterocycles. The largest absolute Gasteiger partial charge is 0.472 e. The summed E-state index contributed by atoms with van der Waals surface area (Å²) in [6, 6.07) is 0. The molecule has 0 aromatic rings. The van der Waals surface area contributed by atoms with Crippen molar-refractivity contribution < 1.29 is 52.2 Å². The van der Waals surface area contributed by atoms with Crippen LogP contribution in [0.1, 0.15) is 252 Å². The van der Waals surface area contributed by atoms with Crippen molar-refractivity contribution in [3.8, 4) is 0 Å². The molecule has 2 N–H and O–H groups in total. The molecule has 0 aliphatic rings. The van der Waals surface area contributed by atoms with Crippen LogP contribution >= 0.6 is 7.82 Å². The number of allylic oxidation sites excluding steroid dienone is 12. The van der Waals surface area contributed by atoms with Crippen molar-refractivity contribution >= 4 is 25.7 Å². The lowest BCUT2D eigenvalue weighted by atomic mass is 10.0. The van der Waals surface area contributed by atoms with Crippen LogP contribution in [0.15, 0.2) is 72.9 Å². The number of phosphoric ester groups is 1. The average molecular weight is 1030 g/mol. The third kappa shape index (κ3) is 51.8. The molecule has 0 amide bonds. The van der Waals surface area contributed by atoms with Crippen LogP contribution in [0.3, 0.4) is 0 Å². The van der Waals surface area contributed by atoms with E-state index in [0.717, 1.165) is 89.9 Å². The minimum Gasteiger partial charge on any atom is -0.462 e. The maximum absolute atomic E-state index is 12.9. The first-order valence-corrected chi connectivity index (χ1v) is 30.3. The molecule has 0 saturated heterocycles. The Kier molecular flexibility index (Phi) is 51.9. The second-order valence-electron chi connectivity index (χ2n) is 19.1. The van der Waals surface area contributed by atoms with E-state index in [-0.39, 0.29) is 25.9 Å². The zero-order valence-electron chi connectivity index (χ0n) is 45.9. The molecule has 0 rings (SSSR count). The number of unbranched alkanes of at least 4 members (excludes halogenated alkanes) is 24. The van der Waals surface area contributed by atoms with Gasteiger partial charge >= 0.3 is 25.7 Å². The standard InChI is InChI=1S/C60H105O11P/c1-4-7-10-13-16-19-22-25-27-28-30-33-36-39-42-45-48-51-60(64)71-57(53-67-58(62)49-46-43-40-37-34-31-24-21-18-15-12-9-6-3)55-69-72(65,66)68-54-56(52-61)70-59(63)50-47-44-41-38-35-32-29-26-23-20-17-14-11-8-5-2/h7,10,16,19,25-27,29-30,33,39,42,56-57,61H,4-6,8-9,11-15,17-18,20-24,28,31-32,34-38,40-41,43-55H2,1-3H3,(H,65,66)/b10-7-,19-16-,27-25-,29-26-,33-30-,42-39-. The fourth-order valence-corrected chi connectivity index (χ4v) is 8.52. The molecule has 3 unspecified atom stereocenters. The highest BCUT2D eigenvalue weighted by Gasteiger charge is 2.28. The van der Waals surface area contributed by atoms with Gasteiger partial charge in [-0.2, -0.15) is 0 Å². The molecule has 0 aromatic heterocycles. The van der Waals surface area contributed by atoms with Gasteiger partial charge in [0.25, 0.3) is 0 Å². The van der Waals surface area contributed by atoms with Crippen molar-refractivity contribution in [2.45, 2.75) is 264 Å². The van der Waals surface area contributed by atoms with Crippen LogP contribution in [0.2, 0.25) is 0 Å². The molecule has 72 heavy (non-hydrogen) atoms. The Bertz CT molecular complexity index is 1490. The lowest BCUT2D eigenvalue weighted by Gasteiger charge is -2.21. The van der Waals surface area contributed by atoms with Gasteiger partial charge in [-0.1, -0.05) is 222 Å². The van der Waals surface area contributed by atoms with Gasteiger partial charge in [0.1, 0.15) is 12.7 Å². The van der Waals surface area contributed by atoms with Crippen LogP contribution < -0.4 is 0 Å². The number of aliphatic hydroxyl groups excluding tert-OH is 1. The number of rotatable bonds is 53. The van der Waals surface area contributed by atoms with Crippen molar-refractivity contribution in [1.82, 2.24) is 0 Å². The maximum atomic E-state index is 12.9. The molecule has 0 fully saturated rings. The van der Waals surface area contributed by atoms with Crippen molar-refractivity contribution in [3.63, 3.8) is 0 Å². The van der Waals surface area contributed by atoms with Gasteiger partial charge in [0.05, 0.1) is 19.8 Å². The van der Waals surface area contributed by atoms with Gasteiger partial charge in [0, 0.05) is 19.3 Å². The van der Waals surface area contributed by atoms with E-state index in [1.54, 1.807) is 0 Å². The van der Waals surface area contributed by atoms with Crippen molar-refractivity contribution in [2.75, 3.05) is 26.4 Å². The summed E-state index contributed by atoms with van der Waals surface area (Å²) in [5, 5.41) is 9.81. The SMILES string of the molecule is CC/C=C\C/C=C\C/C=C\C/C=C\C/C=C\CCCC(=O)OC(COC(=O)CCCCCCCCCCCCCCC)COP(=O)(O)OCC(CO)OC(=O)CCCCCCC/C=C\CCCCCCCC. The number of aliphatic hydroxyl groups is 1. The molecular weight excluding hydrogens is 928 g/mol. The van der Waals surface area contributed by atoms with Gasteiger partial charge in [0.15, 0.2) is 6.10 Å². The summed E-state index contributed by atoms with van der Waals surface area (Å²) >= 11 is 0. The molecule has 0 spiro atoms. The second-order valence-corrected chi connectivity index (χ2v) is 20.5. The summed E-state index contributed by atoms with van der Waals surface area (Å²) in [5.74, 6) is -1.54. The smallest absolute Gasteiger partial charge is 0.462 e. The summed E-state index contributed by atoms with van der Waals surface area (Å²) in [4.78, 5) is 48.5. The van der Waals surface area contributed by atoms with E-state index in [1.807, 2.05) is 12.2 Å². The zero-order valence-corrected chi connectivity index (χ0v) is 46.8. The van der Waals surface area contributed by atoms with E-state index in [2.05, 4.69) is 81.5 Å². The van der Waals surface area contributed by atoms with Crippen LogP contribution in [-0.2, 0) is 42.2 Å². The zero-order chi connectivity index (χ0) is 52.7. The highest BCUT2D eigenvalue weighted by Crippen LogP contribution is 2.43. The number of ether oxygens (including phenoxy) is 3. The summed E-state index contributed by atoms with van der Waals surface area (Å²) < 4.78 is 39.4. The Hall–Kier alpha value is -3.08. The molecule has 0 bridgehead atoms. The third-order valence-electron chi connectivity index (χ3n) is 12.1. The number of carbonyl (C=O) groups excluding carboxylic acids is 3. The maximum Gasteiger partial charge on any atom is 0.472 e. The van der Waals surface area contributed by atoms with E-state index in [9.17, 15) is 28.9 Å². The quantitative estimate of drug-likeness (QED) is 0.0197. The Morgan fingerprint density at radius 2 is 0.736 bits per heavy atom. The first-order chi connectivity index (χ1) is 35.2. The fraction of sp³-hybridized carbons (Fsp3) is 0.750. The van der Waals surface area contributed by atoms with Gasteiger partial charge in [0.2, 0.25) is 0 Å². The Morgan fingerprint density at radius 1 is 0.403 bits per heavy atom. The predicted octanol–water partition coefficient (Wildman–Crippen LogP) is 16.9. The second kappa shape index (κ2) is 54.2. The molecule has 0 aromatic carbocycles. The van der Waals surface area contributed by atoms with E-state index in [4.69, 9.17) is 23.3 Å². The Morgan fingerprint density at radius 3 is 1.18 bits per heavy atom. The van der Waals surface area contributed by atoms with Crippen molar-refractivity contribution in [3.05, 3.63) is 72.9 Å². The minimum absolute atomic E-state index is 0.0888. The van der Waals surface area contributed by atoms with Crippen molar-refractivity contribution in [1.29, 1.82) is 0 Å². The topological polar surface area (TPSA) is 155 Å². The first kappa shape index (κ1) is 68.9. The summed E-state index contributed by atoms with van der Waals surface area (Å²) in [6.45, 7) is 4.46. The number of esters is 3. The Labute approximate surface area is 439 Å². The molecule has 0 aliphatic heterocycles. The molecule has 12 heteroatoms. The number of hydrogen-bond acceptors (Lipinski definition) is 10. The summed E-state index contributed by atoms with van der Waals surface area (Å²) in [6.07, 6.45) is 60.1. The molecule has 416 valence electrons. The number of hydrogen-bond donors (Lipinski definition) is 2. The number of carbonyl (C=O) groups is 3. The van der Waals surface area contributed by atoms with Crippen molar-refractivity contribution in [2.24, 2.45) is 0 Å². The normalized spacial score (nSPS) is 13.9. The van der Waals surface area contributed by atoms with Crippen LogP contribution in [0, 0.1) is 0 Å². The molecule has 11 nitrogen and oxygen atoms in total. The highest BCUT2D eigenvalue weighted by atomic mass is 31.2. The summed E-state index contributed by atoms with van der Waals surface area (Å²) in [7, 11) is -4.76. The number of phosphoric acid groups is 1. The lowest BCUT2D eigenvalue weighted by molar-refractivity contribution is -0.161. The molecule has 0 saturated carbocycles. The van der Waals surface area contributed by atoms with Crippen LogP contribution in [-0.4, -0.2) is 66.5 Å². The van der Waals surface area contributed by atoms with Crippen LogP contribution in [0.25, 0.3) is 0 Å². The van der Waals surface area contributed by atoms with Gasteiger partial charge in [-0.3, -0.25) is 23.4 Å². The van der Waals surface area contributed by atoms with Gasteiger partial charge in [-0.25, -0.2) is 4.57 Å². The monoisotopic (exact) mass is 1030 g/mol. The molecule has 0 radical (unpaired) electrons. The van der Waals surface area contributed by atoms with E-state index in [0.29, 0.717) is 25.7 Å². The molecule has 3 atom stereocenters. The molecule has 0 aliphatic carbocycles. The summed E-state index contributed by atoms with van der Waals surface area (Å²) in [5.41, 5.74) is 0. The van der Waals surface area contributed by atoms with E-state index in [1.165, 1.54) is 96.3 Å². The highest BCUT2D eigenvalue weighted by molar-refractivity contribution is 7.47. The minimum atomic E-state index is -4.76. The van der Waals surface area contributed by atoms with Gasteiger partial charge < -0.3 is 24.2 Å². The molecular formula is C60H105O11P. The van der Waals surface area contributed by atoms with Crippen LogP contribution in [0.5, 0.6) is 0 Å². The lowest BCUT2D eigenvalue weighted by Crippen LogP contribution is -2.30.